The number of hydrogen-bond acceptors (Lipinski definition) is 4. The molecule has 23 heavy (non-hydrogen) atoms. The summed E-state index contributed by atoms with van der Waals surface area (Å²) in [5.74, 6) is -1.83. The van der Waals surface area contributed by atoms with Crippen molar-refractivity contribution in [2.24, 2.45) is 11.8 Å². The monoisotopic (exact) mass is 312 g/mol. The Morgan fingerprint density at radius 1 is 1.22 bits per heavy atom. The van der Waals surface area contributed by atoms with E-state index in [-0.39, 0.29) is 24.0 Å². The van der Waals surface area contributed by atoms with Crippen LogP contribution in [-0.2, 0) is 14.3 Å². The molecule has 0 saturated carbocycles. The standard InChI is InChI=1S/C19H20O4/c1-12(20)11-15(13-7-3-2-4-8-13)17-18(21)14-9-5-6-10-16(14)23-19(17)22/h2-10,14-18,21H,11H2,1H3. The van der Waals surface area contributed by atoms with E-state index in [4.69, 9.17) is 4.74 Å². The number of hydrogen-bond donors (Lipinski definition) is 1. The maximum atomic E-state index is 12.5. The van der Waals surface area contributed by atoms with Crippen molar-refractivity contribution in [1.82, 2.24) is 0 Å². The number of ether oxygens (including phenoxy) is 1. The second kappa shape index (κ2) is 6.50. The molecule has 1 aliphatic carbocycles. The van der Waals surface area contributed by atoms with Crippen molar-refractivity contribution in [3.63, 3.8) is 0 Å². The molecule has 4 heteroatoms. The van der Waals surface area contributed by atoms with E-state index in [0.717, 1.165) is 5.56 Å². The third-order valence-electron chi connectivity index (χ3n) is 4.58. The minimum atomic E-state index is -0.869. The Morgan fingerprint density at radius 3 is 2.61 bits per heavy atom. The van der Waals surface area contributed by atoms with E-state index in [2.05, 4.69) is 0 Å². The molecule has 5 unspecified atom stereocenters. The molecule has 0 bridgehead atoms. The van der Waals surface area contributed by atoms with Crippen molar-refractivity contribution in [2.45, 2.75) is 31.5 Å². The van der Waals surface area contributed by atoms with Crippen LogP contribution in [0.5, 0.6) is 0 Å². The molecule has 3 rings (SSSR count). The van der Waals surface area contributed by atoms with Gasteiger partial charge in [0.2, 0.25) is 0 Å². The van der Waals surface area contributed by atoms with Crippen LogP contribution in [0.25, 0.3) is 0 Å². The molecule has 0 radical (unpaired) electrons. The van der Waals surface area contributed by atoms with E-state index >= 15 is 0 Å². The average molecular weight is 312 g/mol. The van der Waals surface area contributed by atoms with Gasteiger partial charge < -0.3 is 14.6 Å². The number of fused-ring (bicyclic) bond motifs is 1. The SMILES string of the molecule is CC(=O)CC(c1ccccc1)C1C(=O)OC2C=CC=CC2C1O. The molecule has 1 saturated heterocycles. The highest BCUT2D eigenvalue weighted by molar-refractivity contribution is 5.80. The van der Waals surface area contributed by atoms with Gasteiger partial charge in [-0.2, -0.15) is 0 Å². The van der Waals surface area contributed by atoms with Crippen molar-refractivity contribution in [2.75, 3.05) is 0 Å². The minimum absolute atomic E-state index is 0.0138. The summed E-state index contributed by atoms with van der Waals surface area (Å²) in [6.07, 6.45) is 6.22. The first kappa shape index (κ1) is 15.7. The Kier molecular flexibility index (Phi) is 4.44. The zero-order valence-corrected chi connectivity index (χ0v) is 13.0. The van der Waals surface area contributed by atoms with Crippen LogP contribution in [0.1, 0.15) is 24.8 Å². The highest BCUT2D eigenvalue weighted by atomic mass is 16.5. The summed E-state index contributed by atoms with van der Waals surface area (Å²) in [5.41, 5.74) is 0.873. The number of aliphatic hydroxyl groups is 1. The second-order valence-corrected chi connectivity index (χ2v) is 6.19. The van der Waals surface area contributed by atoms with Gasteiger partial charge in [-0.15, -0.1) is 0 Å². The number of carbonyl (C=O) groups is 2. The number of carbonyl (C=O) groups excluding carboxylic acids is 2. The fourth-order valence-corrected chi connectivity index (χ4v) is 3.49. The number of rotatable bonds is 4. The molecule has 0 aromatic heterocycles. The Morgan fingerprint density at radius 2 is 1.91 bits per heavy atom. The van der Waals surface area contributed by atoms with E-state index in [1.165, 1.54) is 6.92 Å². The molecule has 1 aliphatic heterocycles. The lowest BCUT2D eigenvalue weighted by molar-refractivity contribution is -0.173. The van der Waals surface area contributed by atoms with Gasteiger partial charge in [0, 0.05) is 18.3 Å². The van der Waals surface area contributed by atoms with Crippen molar-refractivity contribution < 1.29 is 19.4 Å². The van der Waals surface area contributed by atoms with E-state index in [9.17, 15) is 14.7 Å². The Hall–Kier alpha value is -2.20. The van der Waals surface area contributed by atoms with Gasteiger partial charge in [0.15, 0.2) is 0 Å². The fourth-order valence-electron chi connectivity index (χ4n) is 3.49. The third-order valence-corrected chi connectivity index (χ3v) is 4.58. The van der Waals surface area contributed by atoms with Gasteiger partial charge in [-0.1, -0.05) is 48.6 Å². The molecule has 120 valence electrons. The first-order chi connectivity index (χ1) is 11.1. The van der Waals surface area contributed by atoms with Gasteiger partial charge in [-0.3, -0.25) is 4.79 Å². The van der Waals surface area contributed by atoms with Crippen LogP contribution in [0.2, 0.25) is 0 Å². The van der Waals surface area contributed by atoms with Crippen LogP contribution in [0.4, 0.5) is 0 Å². The first-order valence-electron chi connectivity index (χ1n) is 7.86. The van der Waals surface area contributed by atoms with Gasteiger partial charge in [-0.25, -0.2) is 0 Å². The van der Waals surface area contributed by atoms with E-state index in [0.29, 0.717) is 0 Å². The van der Waals surface area contributed by atoms with Crippen LogP contribution in [0.3, 0.4) is 0 Å². The molecule has 0 amide bonds. The molecule has 0 spiro atoms. The zero-order chi connectivity index (χ0) is 16.4. The Balaban J connectivity index is 1.94. The molecule has 2 aliphatic rings. The number of allylic oxidation sites excluding steroid dienone is 2. The van der Waals surface area contributed by atoms with E-state index < -0.39 is 24.1 Å². The lowest BCUT2D eigenvalue weighted by atomic mass is 9.72. The van der Waals surface area contributed by atoms with Crippen LogP contribution >= 0.6 is 0 Å². The van der Waals surface area contributed by atoms with Crippen molar-refractivity contribution in [3.8, 4) is 0 Å². The second-order valence-electron chi connectivity index (χ2n) is 6.19. The third kappa shape index (κ3) is 3.13. The molecule has 1 heterocycles. The highest BCUT2D eigenvalue weighted by Gasteiger charge is 2.47. The molecule has 1 aromatic carbocycles. The summed E-state index contributed by atoms with van der Waals surface area (Å²) >= 11 is 0. The molecular weight excluding hydrogens is 292 g/mol. The number of aliphatic hydroxyl groups excluding tert-OH is 1. The number of Topliss-reactive ketones (excluding diaryl/α,β-unsaturated/α-hetero) is 1. The number of ketones is 1. The highest BCUT2D eigenvalue weighted by Crippen LogP contribution is 2.40. The van der Waals surface area contributed by atoms with Gasteiger partial charge in [0.25, 0.3) is 0 Å². The summed E-state index contributed by atoms with van der Waals surface area (Å²) in [6, 6.07) is 9.39. The van der Waals surface area contributed by atoms with Gasteiger partial charge in [-0.05, 0) is 18.6 Å². The molecule has 5 atom stereocenters. The van der Waals surface area contributed by atoms with Gasteiger partial charge in [0.1, 0.15) is 11.9 Å². The number of esters is 1. The predicted molar refractivity (Wildman–Crippen MR) is 85.6 cm³/mol. The topological polar surface area (TPSA) is 63.6 Å². The van der Waals surface area contributed by atoms with Crippen LogP contribution in [0.15, 0.2) is 54.6 Å². The molecular formula is C19H20O4. The molecule has 1 aromatic rings. The van der Waals surface area contributed by atoms with E-state index in [1.807, 2.05) is 48.6 Å². The van der Waals surface area contributed by atoms with Gasteiger partial charge in [0.05, 0.1) is 12.0 Å². The maximum Gasteiger partial charge on any atom is 0.312 e. The largest absolute Gasteiger partial charge is 0.457 e. The summed E-state index contributed by atoms with van der Waals surface area (Å²) in [7, 11) is 0. The average Bonchev–Trinajstić information content (AvgIpc) is 2.54. The Bertz CT molecular complexity index is 647. The smallest absolute Gasteiger partial charge is 0.312 e. The maximum absolute atomic E-state index is 12.5. The molecule has 1 fully saturated rings. The van der Waals surface area contributed by atoms with Crippen molar-refractivity contribution >= 4 is 11.8 Å². The summed E-state index contributed by atoms with van der Waals surface area (Å²) in [6.45, 7) is 1.50. The zero-order valence-electron chi connectivity index (χ0n) is 13.0. The lowest BCUT2D eigenvalue weighted by Crippen LogP contribution is -2.50. The predicted octanol–water partition coefficient (Wildman–Crippen LogP) is 2.39. The minimum Gasteiger partial charge on any atom is -0.457 e. The number of benzene rings is 1. The van der Waals surface area contributed by atoms with Gasteiger partial charge >= 0.3 is 5.97 Å². The quantitative estimate of drug-likeness (QED) is 0.867. The summed E-state index contributed by atoms with van der Waals surface area (Å²) in [5, 5.41) is 10.8. The normalized spacial score (nSPS) is 30.4. The Labute approximate surface area is 135 Å². The van der Waals surface area contributed by atoms with Crippen LogP contribution in [-0.4, -0.2) is 29.1 Å². The molecule has 4 nitrogen and oxygen atoms in total. The fraction of sp³-hybridized carbons (Fsp3) is 0.368. The first-order valence-corrected chi connectivity index (χ1v) is 7.86. The van der Waals surface area contributed by atoms with Crippen LogP contribution < -0.4 is 0 Å². The van der Waals surface area contributed by atoms with Crippen molar-refractivity contribution in [1.29, 1.82) is 0 Å². The lowest BCUT2D eigenvalue weighted by Gasteiger charge is -2.41. The summed E-state index contributed by atoms with van der Waals surface area (Å²) < 4.78 is 5.51. The van der Waals surface area contributed by atoms with Crippen LogP contribution in [0, 0.1) is 11.8 Å². The van der Waals surface area contributed by atoms with Crippen molar-refractivity contribution in [3.05, 3.63) is 60.2 Å². The molecule has 1 N–H and O–H groups in total. The van der Waals surface area contributed by atoms with E-state index in [1.54, 1.807) is 6.08 Å². The summed E-state index contributed by atoms with van der Waals surface area (Å²) in [4.78, 5) is 24.2.